The minimum atomic E-state index is -4.94. The number of ether oxygens (including phenoxy) is 2. The van der Waals surface area contributed by atoms with Crippen LogP contribution in [0, 0.1) is 0 Å². The molecule has 0 amide bonds. The predicted octanol–water partition coefficient (Wildman–Crippen LogP) is -6.63. The van der Waals surface area contributed by atoms with Gasteiger partial charge in [-0.3, -0.25) is 14.1 Å². The molecule has 32 heavy (non-hydrogen) atoms. The second-order valence-corrected chi connectivity index (χ2v) is 7.85. The van der Waals surface area contributed by atoms with Crippen LogP contribution < -0.4 is 69.3 Å². The third-order valence-corrected chi connectivity index (χ3v) is 4.61. The Morgan fingerprint density at radius 1 is 0.812 bits per heavy atom. The van der Waals surface area contributed by atoms with Crippen molar-refractivity contribution < 1.29 is 111 Å². The molecule has 14 heteroatoms. The molecule has 0 radical (unpaired) electrons. The van der Waals surface area contributed by atoms with Crippen LogP contribution in [0.2, 0.25) is 0 Å². The van der Waals surface area contributed by atoms with Crippen LogP contribution in [0.3, 0.4) is 0 Å². The monoisotopic (exact) mass is 500 g/mol. The van der Waals surface area contributed by atoms with Crippen molar-refractivity contribution in [2.75, 3.05) is 13.2 Å². The Morgan fingerprint density at radius 2 is 1.19 bits per heavy atom. The zero-order valence-electron chi connectivity index (χ0n) is 19.3. The van der Waals surface area contributed by atoms with Gasteiger partial charge in [0.05, 0.1) is 32.0 Å². The maximum atomic E-state index is 11.3. The molecule has 0 aliphatic carbocycles. The molecule has 0 fully saturated rings. The van der Waals surface area contributed by atoms with Gasteiger partial charge in [-0.2, -0.15) is 8.42 Å². The van der Waals surface area contributed by atoms with E-state index in [9.17, 15) is 37.8 Å². The van der Waals surface area contributed by atoms with E-state index in [0.717, 1.165) is 38.5 Å². The summed E-state index contributed by atoms with van der Waals surface area (Å²) in [5, 5.41) is 17.3. The van der Waals surface area contributed by atoms with Crippen LogP contribution in [-0.4, -0.2) is 55.3 Å². The second kappa shape index (κ2) is 23.9. The fourth-order valence-electron chi connectivity index (χ4n) is 1.89. The van der Waals surface area contributed by atoms with Gasteiger partial charge >= 0.3 is 71.1 Å². The molecule has 0 heterocycles. The Bertz CT molecular complexity index is 615. The number of hydrogen-bond donors (Lipinski definition) is 1. The van der Waals surface area contributed by atoms with E-state index in [1.807, 2.05) is 0 Å². The quantitative estimate of drug-likeness (QED) is 0.0974. The molecule has 11 nitrogen and oxygen atoms in total. The minimum Gasteiger partial charge on any atom is -0.550 e. The van der Waals surface area contributed by atoms with Gasteiger partial charge in [0.25, 0.3) is 10.1 Å². The number of carboxylic acid groups (broad SMARTS) is 2. The van der Waals surface area contributed by atoms with E-state index in [4.69, 9.17) is 14.0 Å². The van der Waals surface area contributed by atoms with Crippen molar-refractivity contribution in [3.8, 4) is 0 Å². The summed E-state index contributed by atoms with van der Waals surface area (Å²) in [5.74, 6) is -4.70. The van der Waals surface area contributed by atoms with E-state index >= 15 is 0 Å². The van der Waals surface area contributed by atoms with Crippen molar-refractivity contribution in [2.45, 2.75) is 76.9 Å². The summed E-state index contributed by atoms with van der Waals surface area (Å²) in [6.07, 6.45) is 5.02. The maximum absolute atomic E-state index is 11.3. The first-order valence-corrected chi connectivity index (χ1v) is 11.1. The minimum absolute atomic E-state index is 0. The van der Waals surface area contributed by atoms with Crippen LogP contribution in [0.1, 0.15) is 71.6 Å². The molecule has 0 aliphatic heterocycles. The summed E-state index contributed by atoms with van der Waals surface area (Å²) in [6.45, 7) is 5.10. The summed E-state index contributed by atoms with van der Waals surface area (Å²) in [7, 11) is -4.94. The van der Waals surface area contributed by atoms with Gasteiger partial charge in [-0.25, -0.2) is 0 Å². The van der Waals surface area contributed by atoms with Crippen LogP contribution in [0.15, 0.2) is 0 Å². The molecule has 0 aromatic rings. The molecule has 0 spiro atoms. The summed E-state index contributed by atoms with van der Waals surface area (Å²) in [4.78, 5) is 42.2. The molecule has 0 aliphatic rings. The van der Waals surface area contributed by atoms with E-state index in [-0.39, 0.29) is 83.9 Å². The van der Waals surface area contributed by atoms with E-state index in [1.54, 1.807) is 0 Å². The van der Waals surface area contributed by atoms with Gasteiger partial charge in [0.2, 0.25) is 0 Å². The Balaban J connectivity index is -0.000000247. The molecular formula is C18H30Na2O11S. The van der Waals surface area contributed by atoms with E-state index in [2.05, 4.69) is 13.8 Å². The smallest absolute Gasteiger partial charge is 0.550 e. The topological polar surface area (TPSA) is 187 Å². The zero-order valence-corrected chi connectivity index (χ0v) is 24.1. The van der Waals surface area contributed by atoms with Crippen molar-refractivity contribution in [1.29, 1.82) is 0 Å². The zero-order chi connectivity index (χ0) is 23.6. The molecule has 1 N–H and O–H groups in total. The first-order chi connectivity index (χ1) is 13.9. The third kappa shape index (κ3) is 26.0. The summed E-state index contributed by atoms with van der Waals surface area (Å²) < 4.78 is 38.4. The summed E-state index contributed by atoms with van der Waals surface area (Å²) in [6, 6.07) is 0. The average Bonchev–Trinajstić information content (AvgIpc) is 2.64. The van der Waals surface area contributed by atoms with Crippen LogP contribution in [-0.2, 0) is 38.8 Å². The normalized spacial score (nSPS) is 10.8. The number of aliphatic carboxylic acids is 2. The van der Waals surface area contributed by atoms with Gasteiger partial charge in [0, 0.05) is 12.4 Å². The number of hydrogen-bond acceptors (Lipinski definition) is 10. The van der Waals surface area contributed by atoms with Gasteiger partial charge < -0.3 is 29.3 Å². The van der Waals surface area contributed by atoms with Crippen LogP contribution in [0.5, 0.6) is 0 Å². The number of carbonyl (C=O) groups is 4. The summed E-state index contributed by atoms with van der Waals surface area (Å²) >= 11 is 0. The van der Waals surface area contributed by atoms with Crippen LogP contribution >= 0.6 is 0 Å². The van der Waals surface area contributed by atoms with Crippen molar-refractivity contribution in [3.05, 3.63) is 0 Å². The van der Waals surface area contributed by atoms with Crippen LogP contribution in [0.4, 0.5) is 0 Å². The fourth-order valence-corrected chi connectivity index (χ4v) is 2.48. The molecule has 1 atom stereocenters. The van der Waals surface area contributed by atoms with Gasteiger partial charge in [0.15, 0.2) is 0 Å². The number of unbranched alkanes of at least 4 members (excludes halogenated alkanes) is 4. The van der Waals surface area contributed by atoms with Crippen molar-refractivity contribution in [3.63, 3.8) is 0 Å². The number of rotatable bonds is 15. The van der Waals surface area contributed by atoms with Gasteiger partial charge in [-0.15, -0.1) is 0 Å². The molecule has 0 rings (SSSR count). The molecule has 0 aromatic carbocycles. The average molecular weight is 500 g/mol. The molecule has 1 unspecified atom stereocenters. The number of carboxylic acids is 2. The second-order valence-electron chi connectivity index (χ2n) is 6.25. The molecular weight excluding hydrogens is 470 g/mol. The molecule has 0 aromatic heterocycles. The standard InChI is InChI=1S/C14H26O4.C4H6O7S.2Na/c1-3-5-7-11-17-13(15)9-10-14(16)18-12-8-6-4-2;5-3(6)1-2(4(7)8)12(9,10)11;;/h3-12H2,1-2H3;2H,1H2,(H,5,6)(H,7,8)(H,9,10,11);;/q;;2*+1/p-2. The fraction of sp³-hybridized carbons (Fsp3) is 0.778. The SMILES string of the molecule is CCCCCOC(=O)CCC(=O)OCCCCC.O=C([O-])CC(C(=O)[O-])S(=O)(=O)O.[Na+].[Na+]. The van der Waals surface area contributed by atoms with Gasteiger partial charge in [-0.05, 0) is 12.8 Å². The van der Waals surface area contributed by atoms with E-state index < -0.39 is 33.7 Å². The number of esters is 2. The largest absolute Gasteiger partial charge is 1.00 e. The van der Waals surface area contributed by atoms with Crippen LogP contribution in [0.25, 0.3) is 0 Å². The van der Waals surface area contributed by atoms with E-state index in [0.29, 0.717) is 13.2 Å². The van der Waals surface area contributed by atoms with Crippen molar-refractivity contribution in [1.82, 2.24) is 0 Å². The predicted molar refractivity (Wildman–Crippen MR) is 100 cm³/mol. The van der Waals surface area contributed by atoms with Gasteiger partial charge in [-0.1, -0.05) is 39.5 Å². The third-order valence-electron chi connectivity index (χ3n) is 3.53. The first-order valence-electron chi connectivity index (χ1n) is 9.63. The first kappa shape index (κ1) is 39.0. The Morgan fingerprint density at radius 3 is 1.41 bits per heavy atom. The van der Waals surface area contributed by atoms with Crippen molar-refractivity contribution >= 4 is 34.0 Å². The Kier molecular flexibility index (Phi) is 29.2. The van der Waals surface area contributed by atoms with E-state index in [1.165, 1.54) is 0 Å². The Labute approximate surface area is 233 Å². The summed E-state index contributed by atoms with van der Waals surface area (Å²) in [5.41, 5.74) is 0. The van der Waals surface area contributed by atoms with Gasteiger partial charge in [0.1, 0.15) is 5.25 Å². The number of carbonyl (C=O) groups excluding carboxylic acids is 4. The Hall–Kier alpha value is -0.210. The maximum Gasteiger partial charge on any atom is 1.00 e. The molecule has 176 valence electrons. The molecule has 0 saturated heterocycles. The van der Waals surface area contributed by atoms with Crippen molar-refractivity contribution in [2.24, 2.45) is 0 Å². The molecule has 0 bridgehead atoms. The molecule has 0 saturated carbocycles.